The fraction of sp³-hybridized carbons (Fsp3) is 0.250. The summed E-state index contributed by atoms with van der Waals surface area (Å²) in [6.45, 7) is 7.69. The highest BCUT2D eigenvalue weighted by Crippen LogP contribution is 2.36. The van der Waals surface area contributed by atoms with Crippen molar-refractivity contribution in [3.63, 3.8) is 0 Å². The van der Waals surface area contributed by atoms with Gasteiger partial charge in [0.15, 0.2) is 16.3 Å². The predicted octanol–water partition coefficient (Wildman–Crippen LogP) is 4.14. The van der Waals surface area contributed by atoms with Crippen LogP contribution in [-0.4, -0.2) is 38.0 Å². The third-order valence-corrected chi connectivity index (χ3v) is 7.33. The SMILES string of the molecule is C=CCOc1ccc(Br)cc1/C=c1\sc2n(c1=O)[C@H](c1ccc(OC)c(OC)c1)C(C(=O)OCC)=C(C)N=2. The van der Waals surface area contributed by atoms with Crippen LogP contribution in [0, 0.1) is 0 Å². The summed E-state index contributed by atoms with van der Waals surface area (Å²) in [6.07, 6.45) is 3.42. The van der Waals surface area contributed by atoms with Crippen LogP contribution in [0.25, 0.3) is 6.08 Å². The van der Waals surface area contributed by atoms with Crippen LogP contribution in [0.15, 0.2) is 74.6 Å². The minimum Gasteiger partial charge on any atom is -0.493 e. The van der Waals surface area contributed by atoms with Gasteiger partial charge in [0.2, 0.25) is 0 Å². The van der Waals surface area contributed by atoms with E-state index in [4.69, 9.17) is 18.9 Å². The maximum absolute atomic E-state index is 13.9. The molecule has 0 fully saturated rings. The van der Waals surface area contributed by atoms with Gasteiger partial charge in [0.05, 0.1) is 42.7 Å². The van der Waals surface area contributed by atoms with Gasteiger partial charge in [-0.2, -0.15) is 0 Å². The van der Waals surface area contributed by atoms with E-state index >= 15 is 0 Å². The molecule has 1 aliphatic heterocycles. The average Bonchev–Trinajstić information content (AvgIpc) is 3.21. The lowest BCUT2D eigenvalue weighted by Gasteiger charge is -2.25. The van der Waals surface area contributed by atoms with Crippen LogP contribution >= 0.6 is 27.3 Å². The summed E-state index contributed by atoms with van der Waals surface area (Å²) in [7, 11) is 3.08. The number of hydrogen-bond acceptors (Lipinski definition) is 8. The van der Waals surface area contributed by atoms with E-state index in [1.165, 1.54) is 23.0 Å². The van der Waals surface area contributed by atoms with Crippen molar-refractivity contribution >= 4 is 39.3 Å². The normalized spacial score (nSPS) is 15.0. The molecule has 0 saturated heterocycles. The molecular weight excluding hydrogens is 572 g/mol. The van der Waals surface area contributed by atoms with E-state index in [2.05, 4.69) is 27.5 Å². The van der Waals surface area contributed by atoms with E-state index in [1.807, 2.05) is 18.2 Å². The summed E-state index contributed by atoms with van der Waals surface area (Å²) >= 11 is 4.73. The summed E-state index contributed by atoms with van der Waals surface area (Å²) < 4.78 is 24.8. The number of halogens is 1. The highest BCUT2D eigenvalue weighted by atomic mass is 79.9. The van der Waals surface area contributed by atoms with E-state index in [9.17, 15) is 9.59 Å². The van der Waals surface area contributed by atoms with Crippen LogP contribution in [0.2, 0.25) is 0 Å². The zero-order valence-corrected chi connectivity index (χ0v) is 23.9. The molecule has 0 amide bonds. The molecule has 1 aromatic heterocycles. The van der Waals surface area contributed by atoms with Crippen molar-refractivity contribution in [1.82, 2.24) is 4.57 Å². The summed E-state index contributed by atoms with van der Waals surface area (Å²) in [5, 5.41) is 0. The monoisotopic (exact) mass is 598 g/mol. The van der Waals surface area contributed by atoms with Gasteiger partial charge in [-0.05, 0) is 55.8 Å². The number of thiazole rings is 1. The molecule has 8 nitrogen and oxygen atoms in total. The molecule has 10 heteroatoms. The number of esters is 1. The molecule has 3 aromatic rings. The molecule has 198 valence electrons. The third kappa shape index (κ3) is 5.32. The van der Waals surface area contributed by atoms with Crippen LogP contribution in [0.4, 0.5) is 0 Å². The Bertz CT molecular complexity index is 1600. The zero-order chi connectivity index (χ0) is 27.4. The Balaban J connectivity index is 1.96. The zero-order valence-electron chi connectivity index (χ0n) is 21.4. The Hall–Kier alpha value is -3.63. The molecule has 0 saturated carbocycles. The van der Waals surface area contributed by atoms with Gasteiger partial charge in [0, 0.05) is 10.0 Å². The molecule has 0 N–H and O–H groups in total. The van der Waals surface area contributed by atoms with Crippen molar-refractivity contribution in [1.29, 1.82) is 0 Å². The smallest absolute Gasteiger partial charge is 0.338 e. The Labute approximate surface area is 232 Å². The first kappa shape index (κ1) is 27.4. The number of aromatic nitrogens is 1. The molecule has 0 aliphatic carbocycles. The molecule has 0 radical (unpaired) electrons. The Morgan fingerprint density at radius 1 is 1.16 bits per heavy atom. The van der Waals surface area contributed by atoms with Crippen molar-refractivity contribution in [3.05, 3.63) is 95.6 Å². The summed E-state index contributed by atoms with van der Waals surface area (Å²) in [5.41, 5.74) is 1.85. The van der Waals surface area contributed by atoms with Crippen LogP contribution in [-0.2, 0) is 9.53 Å². The van der Waals surface area contributed by atoms with E-state index in [-0.39, 0.29) is 17.7 Å². The quantitative estimate of drug-likeness (QED) is 0.272. The van der Waals surface area contributed by atoms with Gasteiger partial charge in [0.25, 0.3) is 5.56 Å². The van der Waals surface area contributed by atoms with E-state index < -0.39 is 12.0 Å². The van der Waals surface area contributed by atoms with Gasteiger partial charge in [-0.25, -0.2) is 9.79 Å². The first-order valence-corrected chi connectivity index (χ1v) is 13.4. The highest BCUT2D eigenvalue weighted by Gasteiger charge is 2.34. The van der Waals surface area contributed by atoms with Crippen molar-refractivity contribution < 1.29 is 23.7 Å². The topological polar surface area (TPSA) is 88.3 Å². The number of allylic oxidation sites excluding steroid dienone is 1. The molecule has 4 rings (SSSR count). The molecule has 0 spiro atoms. The number of hydrogen-bond donors (Lipinski definition) is 0. The van der Waals surface area contributed by atoms with Crippen molar-refractivity contribution in [2.75, 3.05) is 27.4 Å². The van der Waals surface area contributed by atoms with Gasteiger partial charge >= 0.3 is 5.97 Å². The van der Waals surface area contributed by atoms with Crippen molar-refractivity contribution in [3.8, 4) is 17.2 Å². The second-order valence-electron chi connectivity index (χ2n) is 8.20. The fourth-order valence-electron chi connectivity index (χ4n) is 4.18. The number of ether oxygens (including phenoxy) is 4. The number of benzene rings is 2. The number of rotatable bonds is 9. The minimum atomic E-state index is -0.772. The lowest BCUT2D eigenvalue weighted by atomic mass is 9.95. The van der Waals surface area contributed by atoms with Crippen LogP contribution in [0.3, 0.4) is 0 Å². The van der Waals surface area contributed by atoms with E-state index in [1.54, 1.807) is 51.3 Å². The average molecular weight is 600 g/mol. The standard InChI is InChI=1S/C28H27BrN2O6S/c1-6-12-37-20-11-9-19(29)13-18(20)15-23-26(32)31-25(17-8-10-21(34-4)22(14-17)35-5)24(27(33)36-7-2)16(3)30-28(31)38-23/h6,8-11,13-15,25H,1,7,12H2,2-5H3/b23-15-/t25-/m1/s1. The van der Waals surface area contributed by atoms with E-state index in [0.29, 0.717) is 44.4 Å². The Morgan fingerprint density at radius 2 is 1.89 bits per heavy atom. The van der Waals surface area contributed by atoms with Crippen molar-refractivity contribution in [2.45, 2.75) is 19.9 Å². The lowest BCUT2D eigenvalue weighted by molar-refractivity contribution is -0.139. The lowest BCUT2D eigenvalue weighted by Crippen LogP contribution is -2.40. The second-order valence-corrected chi connectivity index (χ2v) is 10.1. The first-order chi connectivity index (χ1) is 18.3. The summed E-state index contributed by atoms with van der Waals surface area (Å²) in [4.78, 5) is 32.1. The molecule has 0 bridgehead atoms. The number of fused-ring (bicyclic) bond motifs is 1. The number of carbonyl (C=O) groups excluding carboxylic acids is 1. The fourth-order valence-corrected chi connectivity index (χ4v) is 5.60. The van der Waals surface area contributed by atoms with Gasteiger partial charge in [0.1, 0.15) is 12.4 Å². The molecule has 1 atom stereocenters. The van der Waals surface area contributed by atoms with Crippen LogP contribution in [0.5, 0.6) is 17.2 Å². The highest BCUT2D eigenvalue weighted by molar-refractivity contribution is 9.10. The number of carbonyl (C=O) groups is 1. The van der Waals surface area contributed by atoms with Crippen molar-refractivity contribution in [2.24, 2.45) is 4.99 Å². The summed E-state index contributed by atoms with van der Waals surface area (Å²) in [5.74, 6) is 1.08. The molecule has 2 aromatic carbocycles. The van der Waals surface area contributed by atoms with Crippen LogP contribution in [0.1, 0.15) is 31.0 Å². The molecular formula is C28H27BrN2O6S. The van der Waals surface area contributed by atoms with Gasteiger partial charge < -0.3 is 18.9 Å². The number of methoxy groups -OCH3 is 2. The Kier molecular flexibility index (Phi) is 8.53. The first-order valence-electron chi connectivity index (χ1n) is 11.8. The van der Waals surface area contributed by atoms with Gasteiger partial charge in [-0.1, -0.05) is 46.0 Å². The third-order valence-electron chi connectivity index (χ3n) is 5.86. The van der Waals surface area contributed by atoms with Gasteiger partial charge in [-0.15, -0.1) is 0 Å². The Morgan fingerprint density at radius 3 is 2.58 bits per heavy atom. The van der Waals surface area contributed by atoms with Crippen LogP contribution < -0.4 is 29.1 Å². The maximum atomic E-state index is 13.9. The van der Waals surface area contributed by atoms with Gasteiger partial charge in [-0.3, -0.25) is 9.36 Å². The molecule has 38 heavy (non-hydrogen) atoms. The predicted molar refractivity (Wildman–Crippen MR) is 150 cm³/mol. The summed E-state index contributed by atoms with van der Waals surface area (Å²) in [6, 6.07) is 10.1. The molecule has 1 aliphatic rings. The van der Waals surface area contributed by atoms with E-state index in [0.717, 1.165) is 10.0 Å². The molecule has 0 unspecified atom stereocenters. The second kappa shape index (κ2) is 11.8. The number of nitrogens with zero attached hydrogens (tertiary/aromatic N) is 2. The largest absolute Gasteiger partial charge is 0.493 e. The molecule has 2 heterocycles. The maximum Gasteiger partial charge on any atom is 0.338 e. The minimum absolute atomic E-state index is 0.190.